The Bertz CT molecular complexity index is 1020. The molecule has 1 aliphatic heterocycles. The zero-order valence-corrected chi connectivity index (χ0v) is 18.2. The summed E-state index contributed by atoms with van der Waals surface area (Å²) < 4.78 is 37.7. The average Bonchev–Trinajstić information content (AvgIpc) is 3.17. The van der Waals surface area contributed by atoms with Crippen molar-refractivity contribution in [3.63, 3.8) is 0 Å². The Morgan fingerprint density at radius 3 is 2.52 bits per heavy atom. The van der Waals surface area contributed by atoms with Gasteiger partial charge in [0.25, 0.3) is 11.8 Å². The molecule has 3 amide bonds. The number of rotatable bonds is 7. The van der Waals surface area contributed by atoms with Gasteiger partial charge in [0.2, 0.25) is 5.91 Å². The van der Waals surface area contributed by atoms with Crippen molar-refractivity contribution in [1.82, 2.24) is 20.2 Å². The zero-order valence-electron chi connectivity index (χ0n) is 18.2. The summed E-state index contributed by atoms with van der Waals surface area (Å²) in [6, 6.07) is 2.88. The Labute approximate surface area is 189 Å². The third-order valence-electron chi connectivity index (χ3n) is 5.79. The maximum atomic E-state index is 13.5. The molecule has 0 atom stereocenters. The molecule has 0 spiro atoms. The van der Waals surface area contributed by atoms with Crippen LogP contribution in [0.15, 0.2) is 30.6 Å². The van der Waals surface area contributed by atoms with Crippen LogP contribution in [-0.4, -0.2) is 65.7 Å². The number of aromatic nitrogens is 2. The first kappa shape index (κ1) is 22.7. The van der Waals surface area contributed by atoms with Crippen LogP contribution in [-0.2, 0) is 4.79 Å². The summed E-state index contributed by atoms with van der Waals surface area (Å²) in [6.45, 7) is 0.531. The highest BCUT2D eigenvalue weighted by Gasteiger charge is 2.32. The van der Waals surface area contributed by atoms with Gasteiger partial charge in [0, 0.05) is 43.3 Å². The first-order valence-electron chi connectivity index (χ1n) is 10.8. The summed E-state index contributed by atoms with van der Waals surface area (Å²) in [5.41, 5.74) is 0.264. The van der Waals surface area contributed by atoms with Crippen LogP contribution in [0.2, 0.25) is 0 Å². The van der Waals surface area contributed by atoms with E-state index in [4.69, 9.17) is 9.47 Å². The van der Waals surface area contributed by atoms with Gasteiger partial charge in [-0.1, -0.05) is 0 Å². The number of methoxy groups -OCH3 is 1. The zero-order chi connectivity index (χ0) is 23.4. The molecule has 0 radical (unpaired) electrons. The monoisotopic (exact) mass is 461 g/mol. The van der Waals surface area contributed by atoms with E-state index in [9.17, 15) is 18.4 Å². The third kappa shape index (κ3) is 5.29. The van der Waals surface area contributed by atoms with Crippen LogP contribution in [0, 0.1) is 11.6 Å². The number of benzene rings is 1. The predicted octanol–water partition coefficient (Wildman–Crippen LogP) is 2.51. The topological polar surface area (TPSA) is 96.9 Å². The van der Waals surface area contributed by atoms with E-state index in [-0.39, 0.29) is 30.3 Å². The molecule has 1 aromatic heterocycles. The van der Waals surface area contributed by atoms with E-state index in [0.29, 0.717) is 24.8 Å². The van der Waals surface area contributed by atoms with Crippen molar-refractivity contribution in [2.45, 2.75) is 37.8 Å². The van der Waals surface area contributed by atoms with E-state index < -0.39 is 17.7 Å². The van der Waals surface area contributed by atoms with Crippen molar-refractivity contribution in [2.24, 2.45) is 0 Å². The van der Waals surface area contributed by atoms with Crippen LogP contribution in [0.1, 0.15) is 25.7 Å². The van der Waals surface area contributed by atoms with Crippen molar-refractivity contribution < 1.29 is 27.8 Å². The molecule has 2 aliphatic rings. The summed E-state index contributed by atoms with van der Waals surface area (Å²) in [5.74, 6) is -1.56. The highest BCUT2D eigenvalue weighted by Crippen LogP contribution is 2.27. The number of carbonyl (C=O) groups excluding carboxylic acids is 2. The van der Waals surface area contributed by atoms with Gasteiger partial charge in [-0.25, -0.2) is 23.5 Å². The first-order valence-corrected chi connectivity index (χ1v) is 10.8. The number of hydrogen-bond acceptors (Lipinski definition) is 6. The lowest BCUT2D eigenvalue weighted by Crippen LogP contribution is -2.45. The number of urea groups is 1. The molecule has 2 aromatic rings. The van der Waals surface area contributed by atoms with Gasteiger partial charge >= 0.3 is 6.03 Å². The molecule has 176 valence electrons. The van der Waals surface area contributed by atoms with Gasteiger partial charge in [0.05, 0.1) is 7.11 Å². The van der Waals surface area contributed by atoms with Crippen LogP contribution < -0.4 is 19.7 Å². The number of hydrogen-bond donors (Lipinski definition) is 1. The molecular weight excluding hydrogens is 436 g/mol. The number of amides is 3. The first-order chi connectivity index (χ1) is 15.9. The molecule has 2 heterocycles. The van der Waals surface area contributed by atoms with Gasteiger partial charge in [-0.15, -0.1) is 0 Å². The summed E-state index contributed by atoms with van der Waals surface area (Å²) in [5, 5.41) is 2.98. The van der Waals surface area contributed by atoms with Crippen molar-refractivity contribution >= 4 is 17.6 Å². The molecule has 1 N–H and O–H groups in total. The number of anilines is 1. The fourth-order valence-electron chi connectivity index (χ4n) is 4.08. The molecule has 1 aromatic carbocycles. The molecular formula is C22H25F2N5O4. The van der Waals surface area contributed by atoms with Gasteiger partial charge in [-0.05, 0) is 37.8 Å². The number of carbonyl (C=O) groups is 2. The minimum absolute atomic E-state index is 0.0129. The Kier molecular flexibility index (Phi) is 6.85. The summed E-state index contributed by atoms with van der Waals surface area (Å²) in [4.78, 5) is 36.1. The standard InChI is InChI=1S/C22H25F2N5O4/c1-32-20-21(26-9-8-25-20)33-16-5-2-14(3-6-16)27-19(30)13-28-10-11-29(22(28)31)15-4-7-17(23)18(24)12-15/h4,7-9,12,14,16H,2-3,5-6,10-11,13H2,1H3,(H,27,30). The van der Waals surface area contributed by atoms with Crippen molar-refractivity contribution in [2.75, 3.05) is 31.6 Å². The van der Waals surface area contributed by atoms with E-state index in [1.165, 1.54) is 35.4 Å². The van der Waals surface area contributed by atoms with Gasteiger partial charge in [0.1, 0.15) is 12.6 Å². The average molecular weight is 461 g/mol. The largest absolute Gasteiger partial charge is 0.477 e. The fourth-order valence-corrected chi connectivity index (χ4v) is 4.08. The Morgan fingerprint density at radius 2 is 1.82 bits per heavy atom. The normalized spacial score (nSPS) is 20.6. The van der Waals surface area contributed by atoms with Crippen molar-refractivity contribution in [3.05, 3.63) is 42.2 Å². The van der Waals surface area contributed by atoms with Crippen molar-refractivity contribution in [3.8, 4) is 11.8 Å². The third-order valence-corrected chi connectivity index (χ3v) is 5.79. The van der Waals surface area contributed by atoms with Gasteiger partial charge in [-0.2, -0.15) is 0 Å². The smallest absolute Gasteiger partial charge is 0.325 e. The molecule has 1 saturated carbocycles. The summed E-state index contributed by atoms with van der Waals surface area (Å²) >= 11 is 0. The molecule has 0 bridgehead atoms. The van der Waals surface area contributed by atoms with Crippen LogP contribution in [0.3, 0.4) is 0 Å². The van der Waals surface area contributed by atoms with E-state index in [0.717, 1.165) is 37.8 Å². The summed E-state index contributed by atoms with van der Waals surface area (Å²) in [7, 11) is 1.51. The van der Waals surface area contributed by atoms with E-state index >= 15 is 0 Å². The Morgan fingerprint density at radius 1 is 1.09 bits per heavy atom. The quantitative estimate of drug-likeness (QED) is 0.681. The number of ether oxygens (including phenoxy) is 2. The number of nitrogens with one attached hydrogen (secondary N) is 1. The lowest BCUT2D eigenvalue weighted by atomic mass is 9.93. The van der Waals surface area contributed by atoms with E-state index in [1.54, 1.807) is 0 Å². The molecule has 11 heteroatoms. The second kappa shape index (κ2) is 9.97. The molecule has 0 unspecified atom stereocenters. The van der Waals surface area contributed by atoms with Crippen LogP contribution >= 0.6 is 0 Å². The molecule has 4 rings (SSSR count). The second-order valence-electron chi connectivity index (χ2n) is 7.98. The lowest BCUT2D eigenvalue weighted by Gasteiger charge is -2.29. The van der Waals surface area contributed by atoms with Crippen LogP contribution in [0.4, 0.5) is 19.3 Å². The molecule has 1 saturated heterocycles. The van der Waals surface area contributed by atoms with E-state index in [1.807, 2.05) is 0 Å². The highest BCUT2D eigenvalue weighted by molar-refractivity contribution is 5.96. The molecule has 33 heavy (non-hydrogen) atoms. The number of halogens is 2. The van der Waals surface area contributed by atoms with Crippen LogP contribution in [0.25, 0.3) is 0 Å². The molecule has 1 aliphatic carbocycles. The maximum Gasteiger partial charge on any atom is 0.325 e. The Hall–Kier alpha value is -3.50. The minimum atomic E-state index is -1.02. The predicted molar refractivity (Wildman–Crippen MR) is 114 cm³/mol. The minimum Gasteiger partial charge on any atom is -0.477 e. The maximum absolute atomic E-state index is 13.5. The second-order valence-corrected chi connectivity index (χ2v) is 7.98. The Balaban J connectivity index is 1.23. The lowest BCUT2D eigenvalue weighted by molar-refractivity contribution is -0.122. The van der Waals surface area contributed by atoms with Gasteiger partial charge in [-0.3, -0.25) is 9.69 Å². The number of nitrogens with zero attached hydrogens (tertiary/aromatic N) is 4. The highest BCUT2D eigenvalue weighted by atomic mass is 19.2. The van der Waals surface area contributed by atoms with Crippen molar-refractivity contribution in [1.29, 1.82) is 0 Å². The van der Waals surface area contributed by atoms with Gasteiger partial charge < -0.3 is 19.7 Å². The van der Waals surface area contributed by atoms with Crippen LogP contribution in [0.5, 0.6) is 11.8 Å². The fraction of sp³-hybridized carbons (Fsp3) is 0.455. The van der Waals surface area contributed by atoms with Gasteiger partial charge in [0.15, 0.2) is 11.6 Å². The molecule has 9 nitrogen and oxygen atoms in total. The SMILES string of the molecule is COc1nccnc1OC1CCC(NC(=O)CN2CCN(c3ccc(F)c(F)c3)C2=O)CC1. The van der Waals surface area contributed by atoms with E-state index in [2.05, 4.69) is 15.3 Å². The summed E-state index contributed by atoms with van der Waals surface area (Å²) in [6.07, 6.45) is 5.95. The molecule has 2 fully saturated rings.